The van der Waals surface area contributed by atoms with E-state index in [-0.39, 0.29) is 0 Å². The van der Waals surface area contributed by atoms with E-state index in [1.54, 1.807) is 17.6 Å². The largest absolute Gasteiger partial charge is 0.469 e. The Hall–Kier alpha value is -1.58. The monoisotopic (exact) mass is 244 g/mol. The number of aliphatic hydroxyl groups is 1. The molecule has 17 heavy (non-hydrogen) atoms. The van der Waals surface area contributed by atoms with Crippen molar-refractivity contribution in [1.82, 2.24) is 0 Å². The highest BCUT2D eigenvalue weighted by Crippen LogP contribution is 2.31. The van der Waals surface area contributed by atoms with Gasteiger partial charge >= 0.3 is 0 Å². The van der Waals surface area contributed by atoms with Crippen LogP contribution in [0.2, 0.25) is 0 Å². The number of rotatable bonds is 3. The molecule has 0 spiro atoms. The molecule has 0 bridgehead atoms. The Morgan fingerprint density at radius 1 is 1.18 bits per heavy atom. The number of hydrogen-bond donors (Lipinski definition) is 1. The molecular weight excluding hydrogens is 232 g/mol. The summed E-state index contributed by atoms with van der Waals surface area (Å²) in [6.07, 6.45) is 1.65. The van der Waals surface area contributed by atoms with Crippen LogP contribution in [-0.2, 0) is 6.42 Å². The SMILES string of the molecule is OC(Cc1ccco1)c1csc2ccccc12. The van der Waals surface area contributed by atoms with Crippen molar-refractivity contribution < 1.29 is 9.52 Å². The van der Waals surface area contributed by atoms with E-state index in [1.165, 1.54) is 4.70 Å². The number of hydrogen-bond acceptors (Lipinski definition) is 3. The summed E-state index contributed by atoms with van der Waals surface area (Å²) < 4.78 is 6.47. The second-order valence-electron chi connectivity index (χ2n) is 3.99. The van der Waals surface area contributed by atoms with Gasteiger partial charge in [-0.3, -0.25) is 0 Å². The fourth-order valence-corrected chi connectivity index (χ4v) is 2.99. The van der Waals surface area contributed by atoms with Crippen LogP contribution >= 0.6 is 11.3 Å². The lowest BCUT2D eigenvalue weighted by atomic mass is 10.0. The van der Waals surface area contributed by atoms with E-state index in [0.29, 0.717) is 6.42 Å². The predicted molar refractivity (Wildman–Crippen MR) is 69.2 cm³/mol. The second-order valence-corrected chi connectivity index (χ2v) is 4.90. The van der Waals surface area contributed by atoms with Crippen molar-refractivity contribution in [1.29, 1.82) is 0 Å². The maximum atomic E-state index is 10.2. The molecule has 1 N–H and O–H groups in total. The smallest absolute Gasteiger partial charge is 0.106 e. The molecule has 1 atom stereocenters. The van der Waals surface area contributed by atoms with Gasteiger partial charge in [0.15, 0.2) is 0 Å². The third-order valence-electron chi connectivity index (χ3n) is 2.84. The van der Waals surface area contributed by atoms with Gasteiger partial charge in [0.25, 0.3) is 0 Å². The average Bonchev–Trinajstić information content (AvgIpc) is 2.96. The van der Waals surface area contributed by atoms with E-state index in [4.69, 9.17) is 4.42 Å². The lowest BCUT2D eigenvalue weighted by Gasteiger charge is -2.07. The predicted octanol–water partition coefficient (Wildman–Crippen LogP) is 3.77. The summed E-state index contributed by atoms with van der Waals surface area (Å²) in [5.41, 5.74) is 0.988. The van der Waals surface area contributed by atoms with Crippen LogP contribution < -0.4 is 0 Å². The van der Waals surface area contributed by atoms with Crippen LogP contribution in [0.4, 0.5) is 0 Å². The van der Waals surface area contributed by atoms with Gasteiger partial charge in [0.1, 0.15) is 5.76 Å². The lowest BCUT2D eigenvalue weighted by molar-refractivity contribution is 0.172. The van der Waals surface area contributed by atoms with E-state index < -0.39 is 6.10 Å². The Labute approximate surface area is 103 Å². The normalized spacial score (nSPS) is 13.0. The third kappa shape index (κ3) is 1.99. The maximum absolute atomic E-state index is 10.2. The highest BCUT2D eigenvalue weighted by Gasteiger charge is 2.14. The molecule has 86 valence electrons. The van der Waals surface area contributed by atoms with Crippen LogP contribution in [0, 0.1) is 0 Å². The summed E-state index contributed by atoms with van der Waals surface area (Å²) in [5.74, 6) is 0.813. The van der Waals surface area contributed by atoms with Gasteiger partial charge in [0.2, 0.25) is 0 Å². The van der Waals surface area contributed by atoms with Crippen molar-refractivity contribution in [2.45, 2.75) is 12.5 Å². The van der Waals surface area contributed by atoms with Crippen molar-refractivity contribution in [3.05, 3.63) is 59.4 Å². The Kier molecular flexibility index (Phi) is 2.71. The molecule has 1 unspecified atom stereocenters. The van der Waals surface area contributed by atoms with Gasteiger partial charge in [-0.15, -0.1) is 11.3 Å². The molecule has 0 fully saturated rings. The van der Waals surface area contributed by atoms with E-state index in [2.05, 4.69) is 6.07 Å². The Balaban J connectivity index is 1.93. The van der Waals surface area contributed by atoms with E-state index in [9.17, 15) is 5.11 Å². The molecule has 2 nitrogen and oxygen atoms in total. The molecule has 2 aromatic heterocycles. The minimum Gasteiger partial charge on any atom is -0.469 e. The van der Waals surface area contributed by atoms with Crippen LogP contribution in [0.1, 0.15) is 17.4 Å². The molecule has 2 heterocycles. The first-order chi connectivity index (χ1) is 8.34. The van der Waals surface area contributed by atoms with Crippen molar-refractivity contribution in [3.63, 3.8) is 0 Å². The summed E-state index contributed by atoms with van der Waals surface area (Å²) in [7, 11) is 0. The molecule has 0 aliphatic heterocycles. The number of furan rings is 1. The van der Waals surface area contributed by atoms with Crippen LogP contribution in [0.15, 0.2) is 52.5 Å². The number of benzene rings is 1. The minimum absolute atomic E-state index is 0.503. The van der Waals surface area contributed by atoms with Crippen molar-refractivity contribution >= 4 is 21.4 Å². The second kappa shape index (κ2) is 4.35. The van der Waals surface area contributed by atoms with Crippen LogP contribution in [0.5, 0.6) is 0 Å². The maximum Gasteiger partial charge on any atom is 0.106 e. The standard InChI is InChI=1S/C14H12O2S/c15-13(8-10-4-3-7-16-10)12-9-17-14-6-2-1-5-11(12)14/h1-7,9,13,15H,8H2. The summed E-state index contributed by atoms with van der Waals surface area (Å²) in [6, 6.07) is 11.9. The van der Waals surface area contributed by atoms with Gasteiger partial charge < -0.3 is 9.52 Å². The molecule has 0 saturated carbocycles. The molecular formula is C14H12O2S. The van der Waals surface area contributed by atoms with E-state index >= 15 is 0 Å². The molecule has 3 heteroatoms. The van der Waals surface area contributed by atoms with Crippen LogP contribution in [0.25, 0.3) is 10.1 Å². The molecule has 3 aromatic rings. The molecule has 0 aliphatic carbocycles. The van der Waals surface area contributed by atoms with Gasteiger partial charge in [0, 0.05) is 11.1 Å². The van der Waals surface area contributed by atoms with Gasteiger partial charge in [-0.2, -0.15) is 0 Å². The van der Waals surface area contributed by atoms with Gasteiger partial charge in [-0.25, -0.2) is 0 Å². The summed E-state index contributed by atoms with van der Waals surface area (Å²) >= 11 is 1.66. The first-order valence-corrected chi connectivity index (χ1v) is 6.39. The average molecular weight is 244 g/mol. The first kappa shape index (κ1) is 10.6. The molecule has 0 radical (unpaired) electrons. The fraction of sp³-hybridized carbons (Fsp3) is 0.143. The van der Waals surface area contributed by atoms with Gasteiger partial charge in [0.05, 0.1) is 12.4 Å². The van der Waals surface area contributed by atoms with Crippen molar-refractivity contribution in [2.75, 3.05) is 0 Å². The van der Waals surface area contributed by atoms with Gasteiger partial charge in [-0.05, 0) is 34.5 Å². The quantitative estimate of drug-likeness (QED) is 0.760. The summed E-state index contributed by atoms with van der Waals surface area (Å²) in [4.78, 5) is 0. The Morgan fingerprint density at radius 2 is 2.06 bits per heavy atom. The third-order valence-corrected chi connectivity index (χ3v) is 3.83. The van der Waals surface area contributed by atoms with E-state index in [1.807, 2.05) is 35.7 Å². The van der Waals surface area contributed by atoms with Crippen molar-refractivity contribution in [3.8, 4) is 0 Å². The Morgan fingerprint density at radius 3 is 2.88 bits per heavy atom. The van der Waals surface area contributed by atoms with Gasteiger partial charge in [-0.1, -0.05) is 18.2 Å². The summed E-state index contributed by atoms with van der Waals surface area (Å²) in [5, 5.41) is 13.4. The highest BCUT2D eigenvalue weighted by atomic mass is 32.1. The zero-order valence-corrected chi connectivity index (χ0v) is 9.98. The number of fused-ring (bicyclic) bond motifs is 1. The highest BCUT2D eigenvalue weighted by molar-refractivity contribution is 7.17. The molecule has 0 amide bonds. The number of aliphatic hydroxyl groups excluding tert-OH is 1. The topological polar surface area (TPSA) is 33.4 Å². The van der Waals surface area contributed by atoms with Crippen LogP contribution in [-0.4, -0.2) is 5.11 Å². The minimum atomic E-state index is -0.503. The summed E-state index contributed by atoms with van der Waals surface area (Å²) in [6.45, 7) is 0. The first-order valence-electron chi connectivity index (χ1n) is 5.51. The van der Waals surface area contributed by atoms with Crippen molar-refractivity contribution in [2.24, 2.45) is 0 Å². The fourth-order valence-electron chi connectivity index (χ4n) is 1.99. The zero-order chi connectivity index (χ0) is 11.7. The molecule has 0 aliphatic rings. The zero-order valence-electron chi connectivity index (χ0n) is 9.17. The molecule has 0 saturated heterocycles. The van der Waals surface area contributed by atoms with E-state index in [0.717, 1.165) is 16.7 Å². The lowest BCUT2D eigenvalue weighted by Crippen LogP contribution is -1.99. The Bertz CT molecular complexity index is 610. The molecule has 1 aromatic carbocycles. The molecule has 3 rings (SSSR count). The number of thiophene rings is 1. The van der Waals surface area contributed by atoms with Crippen LogP contribution in [0.3, 0.4) is 0 Å².